The van der Waals surface area contributed by atoms with Gasteiger partial charge in [-0.15, -0.1) is 0 Å². The van der Waals surface area contributed by atoms with Gasteiger partial charge in [0.05, 0.1) is 16.9 Å². The van der Waals surface area contributed by atoms with Crippen LogP contribution in [0.2, 0.25) is 0 Å². The molecule has 1 aliphatic heterocycles. The van der Waals surface area contributed by atoms with E-state index in [0.29, 0.717) is 17.0 Å². The third kappa shape index (κ3) is 3.68. The molecule has 0 bridgehead atoms. The van der Waals surface area contributed by atoms with Gasteiger partial charge < -0.3 is 10.6 Å². The van der Waals surface area contributed by atoms with Crippen molar-refractivity contribution in [3.05, 3.63) is 70.0 Å². The fourth-order valence-corrected chi connectivity index (χ4v) is 4.60. The Bertz CT molecular complexity index is 1460. The van der Waals surface area contributed by atoms with Crippen LogP contribution in [0.5, 0.6) is 0 Å². The Hall–Kier alpha value is -3.52. The zero-order valence-electron chi connectivity index (χ0n) is 19.8. The van der Waals surface area contributed by atoms with E-state index in [-0.39, 0.29) is 17.0 Å². The van der Waals surface area contributed by atoms with E-state index in [1.165, 1.54) is 11.1 Å². The van der Waals surface area contributed by atoms with Crippen molar-refractivity contribution in [3.63, 3.8) is 0 Å². The van der Waals surface area contributed by atoms with Crippen LogP contribution >= 0.6 is 0 Å². The summed E-state index contributed by atoms with van der Waals surface area (Å²) in [6, 6.07) is 10.5. The van der Waals surface area contributed by atoms with E-state index in [1.807, 2.05) is 21.5 Å². The zero-order valence-corrected chi connectivity index (χ0v) is 19.8. The summed E-state index contributed by atoms with van der Waals surface area (Å²) in [5.41, 5.74) is 4.29. The lowest BCUT2D eigenvalue weighted by Crippen LogP contribution is -2.23. The molecule has 4 aromatic rings. The van der Waals surface area contributed by atoms with E-state index in [1.54, 1.807) is 12.4 Å². The Kier molecular flexibility index (Phi) is 4.81. The predicted octanol–water partition coefficient (Wildman–Crippen LogP) is 4.00. The van der Waals surface area contributed by atoms with Crippen molar-refractivity contribution >= 4 is 22.4 Å². The first kappa shape index (κ1) is 21.0. The molecule has 1 aliphatic carbocycles. The van der Waals surface area contributed by atoms with Crippen molar-refractivity contribution in [1.82, 2.24) is 29.6 Å². The van der Waals surface area contributed by atoms with Crippen LogP contribution in [-0.4, -0.2) is 30.9 Å². The number of benzene rings is 1. The summed E-state index contributed by atoms with van der Waals surface area (Å²) in [4.78, 5) is 27.3. The fourth-order valence-electron chi connectivity index (χ4n) is 4.60. The highest BCUT2D eigenvalue weighted by molar-refractivity contribution is 5.82. The summed E-state index contributed by atoms with van der Waals surface area (Å²) in [6.45, 7) is 8.19. The van der Waals surface area contributed by atoms with Crippen molar-refractivity contribution in [1.29, 1.82) is 0 Å². The summed E-state index contributed by atoms with van der Waals surface area (Å²) in [5.74, 6) is 2.16. The summed E-state index contributed by atoms with van der Waals surface area (Å²) in [5, 5.41) is 7.46. The topological polar surface area (TPSA) is 89.7 Å². The van der Waals surface area contributed by atoms with Crippen LogP contribution in [0.1, 0.15) is 56.6 Å². The van der Waals surface area contributed by atoms with Gasteiger partial charge in [0, 0.05) is 42.2 Å². The fraction of sp³-hybridized carbons (Fsp3) is 0.385. The van der Waals surface area contributed by atoms with Gasteiger partial charge >= 0.3 is 0 Å². The Morgan fingerprint density at radius 1 is 1.09 bits per heavy atom. The highest BCUT2D eigenvalue weighted by Gasteiger charge is 2.31. The van der Waals surface area contributed by atoms with Crippen LogP contribution in [0.15, 0.2) is 47.5 Å². The number of pyridine rings is 1. The first-order valence-electron chi connectivity index (χ1n) is 12.0. The van der Waals surface area contributed by atoms with Gasteiger partial charge in [-0.3, -0.25) is 4.79 Å². The molecule has 0 unspecified atom stereocenters. The quantitative estimate of drug-likeness (QED) is 0.484. The monoisotopic (exact) mass is 455 g/mol. The van der Waals surface area contributed by atoms with Crippen LogP contribution in [-0.2, 0) is 18.4 Å². The first-order chi connectivity index (χ1) is 16.4. The number of rotatable bonds is 4. The van der Waals surface area contributed by atoms with Crippen LogP contribution in [0.4, 0.5) is 11.5 Å². The van der Waals surface area contributed by atoms with Crippen LogP contribution in [0.3, 0.4) is 0 Å². The number of aromatic nitrogens is 5. The molecule has 1 aromatic carbocycles. The first-order valence-corrected chi connectivity index (χ1v) is 12.0. The minimum absolute atomic E-state index is 0.0197. The molecule has 174 valence electrons. The van der Waals surface area contributed by atoms with Gasteiger partial charge in [-0.1, -0.05) is 26.8 Å². The normalized spacial score (nSPS) is 16.0. The highest BCUT2D eigenvalue weighted by Crippen LogP contribution is 2.36. The molecule has 34 heavy (non-hydrogen) atoms. The van der Waals surface area contributed by atoms with Gasteiger partial charge in [0.2, 0.25) is 0 Å². The maximum Gasteiger partial charge on any atom is 0.276 e. The molecule has 8 nitrogen and oxygen atoms in total. The smallest absolute Gasteiger partial charge is 0.276 e. The van der Waals surface area contributed by atoms with Gasteiger partial charge in [-0.25, -0.2) is 24.3 Å². The van der Waals surface area contributed by atoms with E-state index in [4.69, 9.17) is 4.98 Å². The minimum atomic E-state index is -0.195. The highest BCUT2D eigenvalue weighted by atomic mass is 16.1. The molecule has 8 heteroatoms. The molecule has 0 spiro atoms. The second kappa shape index (κ2) is 7.77. The average Bonchev–Trinajstić information content (AvgIpc) is 3.62. The van der Waals surface area contributed by atoms with Crippen LogP contribution in [0, 0.1) is 0 Å². The van der Waals surface area contributed by atoms with Crippen molar-refractivity contribution in [2.75, 3.05) is 11.9 Å². The maximum atomic E-state index is 13.3. The maximum absolute atomic E-state index is 13.3. The summed E-state index contributed by atoms with van der Waals surface area (Å²) in [7, 11) is 0. The molecule has 0 saturated heterocycles. The van der Waals surface area contributed by atoms with E-state index < -0.39 is 0 Å². The van der Waals surface area contributed by atoms with Gasteiger partial charge in [0.15, 0.2) is 5.82 Å². The van der Waals surface area contributed by atoms with Crippen LogP contribution < -0.4 is 16.2 Å². The largest absolute Gasteiger partial charge is 0.340 e. The van der Waals surface area contributed by atoms with E-state index >= 15 is 0 Å². The van der Waals surface area contributed by atoms with Crippen LogP contribution in [0.25, 0.3) is 16.7 Å². The third-order valence-corrected chi connectivity index (χ3v) is 6.55. The number of hydrogen-bond acceptors (Lipinski definition) is 6. The second-order valence-corrected chi connectivity index (χ2v) is 10.3. The Labute approximate surface area is 198 Å². The standard InChI is InChI=1S/C26H29N7O/c1-26(2,3)25-28-11-9-23(31-25)33-21-13-22(29-15-20(21)24(34)32(33)19-6-7-19)30-18-5-4-17-14-27-10-8-16(17)12-18/h4-5,9,11-13,15,19,27H,6-8,10,14H2,1-3H3,(H,29,30). The molecule has 2 N–H and O–H groups in total. The Morgan fingerprint density at radius 2 is 1.94 bits per heavy atom. The van der Waals surface area contributed by atoms with Crippen molar-refractivity contribution < 1.29 is 0 Å². The lowest BCUT2D eigenvalue weighted by molar-refractivity contribution is 0.525. The van der Waals surface area contributed by atoms with Crippen molar-refractivity contribution in [2.24, 2.45) is 0 Å². The molecular formula is C26H29N7O. The number of anilines is 2. The van der Waals surface area contributed by atoms with Gasteiger partial charge in [-0.2, -0.15) is 0 Å². The summed E-state index contributed by atoms with van der Waals surface area (Å²) < 4.78 is 3.80. The average molecular weight is 456 g/mol. The lowest BCUT2D eigenvalue weighted by atomic mass is 9.96. The molecule has 2 aliphatic rings. The Balaban J connectivity index is 1.46. The van der Waals surface area contributed by atoms with Gasteiger partial charge in [0.1, 0.15) is 11.6 Å². The number of nitrogens with zero attached hydrogens (tertiary/aromatic N) is 5. The molecule has 0 amide bonds. The van der Waals surface area contributed by atoms with E-state index in [0.717, 1.165) is 49.4 Å². The summed E-state index contributed by atoms with van der Waals surface area (Å²) in [6.07, 6.45) is 6.47. The SMILES string of the molecule is CC(C)(C)c1nccc(-n2c3cc(Nc4ccc5c(c4)CCNC5)ncc3c(=O)n2C2CC2)n1. The molecule has 0 radical (unpaired) electrons. The van der Waals surface area contributed by atoms with Gasteiger partial charge in [0.25, 0.3) is 5.56 Å². The second-order valence-electron chi connectivity index (χ2n) is 10.3. The molecule has 6 rings (SSSR count). The van der Waals surface area contributed by atoms with Gasteiger partial charge in [-0.05, 0) is 49.1 Å². The van der Waals surface area contributed by atoms with E-state index in [9.17, 15) is 4.79 Å². The molecule has 3 aromatic heterocycles. The third-order valence-electron chi connectivity index (χ3n) is 6.55. The number of fused-ring (bicyclic) bond motifs is 2. The minimum Gasteiger partial charge on any atom is -0.340 e. The zero-order chi connectivity index (χ0) is 23.4. The summed E-state index contributed by atoms with van der Waals surface area (Å²) >= 11 is 0. The van der Waals surface area contributed by atoms with Crippen molar-refractivity contribution in [2.45, 2.75) is 58.0 Å². The molecule has 4 heterocycles. The molecular weight excluding hydrogens is 426 g/mol. The number of nitrogens with one attached hydrogen (secondary N) is 2. The molecule has 1 saturated carbocycles. The Morgan fingerprint density at radius 3 is 2.74 bits per heavy atom. The van der Waals surface area contributed by atoms with E-state index in [2.05, 4.69) is 59.6 Å². The molecule has 0 atom stereocenters. The predicted molar refractivity (Wildman–Crippen MR) is 133 cm³/mol. The van der Waals surface area contributed by atoms with Crippen molar-refractivity contribution in [3.8, 4) is 5.82 Å². The lowest BCUT2D eigenvalue weighted by Gasteiger charge is -2.19. The molecule has 1 fully saturated rings. The number of hydrogen-bond donors (Lipinski definition) is 2.